The van der Waals surface area contributed by atoms with E-state index >= 15 is 0 Å². The van der Waals surface area contributed by atoms with E-state index in [0.29, 0.717) is 0 Å². The van der Waals surface area contributed by atoms with Crippen LogP contribution in [0.5, 0.6) is 0 Å². The number of hydrogen-bond acceptors (Lipinski definition) is 1. The van der Waals surface area contributed by atoms with E-state index in [0.717, 1.165) is 16.0 Å². The highest BCUT2D eigenvalue weighted by Gasteiger charge is 1.99. The molecule has 0 aromatic heterocycles. The van der Waals surface area contributed by atoms with E-state index in [1.807, 2.05) is 23.9 Å². The van der Waals surface area contributed by atoms with Crippen LogP contribution in [0.1, 0.15) is 25.8 Å². The molecule has 0 aliphatic rings. The third kappa shape index (κ3) is 4.06. The fourth-order valence-electron chi connectivity index (χ4n) is 0.937. The Bertz CT molecular complexity index is 243. The Balaban J connectivity index is 2.41. The molecule has 0 saturated heterocycles. The summed E-state index contributed by atoms with van der Waals surface area (Å²) in [5.74, 6) is 1.09. The molecule has 1 rings (SSSR count). The van der Waals surface area contributed by atoms with Gasteiger partial charge in [0.2, 0.25) is 0 Å². The second kappa shape index (κ2) is 5.56. The molecule has 1 unspecified atom stereocenters. The molecule has 13 heavy (non-hydrogen) atoms. The lowest BCUT2D eigenvalue weighted by Crippen LogP contribution is -1.93. The van der Waals surface area contributed by atoms with Crippen molar-refractivity contribution >= 4 is 23.4 Å². The zero-order chi connectivity index (χ0) is 9.68. The molecule has 1 atom stereocenters. The van der Waals surface area contributed by atoms with Gasteiger partial charge in [-0.25, -0.2) is 0 Å². The first-order valence-corrected chi connectivity index (χ1v) is 6.01. The average Bonchev–Trinajstić information content (AvgIpc) is 2.16. The molecule has 2 heteroatoms. The minimum absolute atomic E-state index is 0.746. The molecule has 0 N–H and O–H groups in total. The van der Waals surface area contributed by atoms with Crippen LogP contribution < -0.4 is 0 Å². The number of halogens is 1. The van der Waals surface area contributed by atoms with Crippen LogP contribution in [0.2, 0.25) is 5.02 Å². The summed E-state index contributed by atoms with van der Waals surface area (Å²) in [5.41, 5.74) is 1.36. The molecule has 0 fully saturated rings. The number of rotatable bonds is 4. The maximum absolute atomic E-state index is 5.79. The summed E-state index contributed by atoms with van der Waals surface area (Å²) in [6, 6.07) is 8.09. The van der Waals surface area contributed by atoms with Gasteiger partial charge in [-0.3, -0.25) is 0 Å². The fraction of sp³-hybridized carbons (Fsp3) is 0.455. The van der Waals surface area contributed by atoms with Crippen molar-refractivity contribution < 1.29 is 0 Å². The molecule has 1 aromatic rings. The number of hydrogen-bond donors (Lipinski definition) is 0. The lowest BCUT2D eigenvalue weighted by molar-refractivity contribution is 0.905. The van der Waals surface area contributed by atoms with Gasteiger partial charge in [-0.15, -0.1) is 0 Å². The average molecular weight is 215 g/mol. The normalized spacial score (nSPS) is 12.8. The van der Waals surface area contributed by atoms with Crippen LogP contribution in [0.15, 0.2) is 24.3 Å². The molecule has 1 aromatic carbocycles. The summed E-state index contributed by atoms with van der Waals surface area (Å²) in [7, 11) is 0. The smallest absolute Gasteiger partial charge is 0.0406 e. The zero-order valence-corrected chi connectivity index (χ0v) is 9.66. The Hall–Kier alpha value is -0.140. The monoisotopic (exact) mass is 214 g/mol. The van der Waals surface area contributed by atoms with Crippen LogP contribution in [-0.2, 0) is 5.75 Å². The standard InChI is InChI=1S/C11H15ClS/c1-3-9(2)13-8-10-4-6-11(12)7-5-10/h4-7,9H,3,8H2,1-2H3. The van der Waals surface area contributed by atoms with Crippen molar-refractivity contribution in [3.63, 3.8) is 0 Å². The molecular formula is C11H15ClS. The van der Waals surface area contributed by atoms with E-state index in [1.54, 1.807) is 0 Å². The van der Waals surface area contributed by atoms with Crippen molar-refractivity contribution in [1.29, 1.82) is 0 Å². The molecule has 0 bridgehead atoms. The molecule has 0 heterocycles. The molecular weight excluding hydrogens is 200 g/mol. The fourth-order valence-corrected chi connectivity index (χ4v) is 1.97. The van der Waals surface area contributed by atoms with E-state index in [9.17, 15) is 0 Å². The van der Waals surface area contributed by atoms with Gasteiger partial charge in [0.05, 0.1) is 0 Å². The van der Waals surface area contributed by atoms with Gasteiger partial charge in [-0.1, -0.05) is 37.6 Å². The van der Waals surface area contributed by atoms with Crippen LogP contribution >= 0.6 is 23.4 Å². The second-order valence-corrected chi connectivity index (χ2v) is 5.02. The highest BCUT2D eigenvalue weighted by Crippen LogP contribution is 2.20. The van der Waals surface area contributed by atoms with Crippen LogP contribution in [0.4, 0.5) is 0 Å². The maximum atomic E-state index is 5.79. The van der Waals surface area contributed by atoms with Crippen molar-refractivity contribution in [1.82, 2.24) is 0 Å². The Kier molecular flexibility index (Phi) is 4.68. The van der Waals surface area contributed by atoms with Gasteiger partial charge in [-0.2, -0.15) is 11.8 Å². The van der Waals surface area contributed by atoms with Gasteiger partial charge in [-0.05, 0) is 24.1 Å². The third-order valence-corrected chi connectivity index (χ3v) is 3.68. The highest BCUT2D eigenvalue weighted by molar-refractivity contribution is 7.99. The molecule has 0 spiro atoms. The van der Waals surface area contributed by atoms with Gasteiger partial charge in [0.25, 0.3) is 0 Å². The quantitative estimate of drug-likeness (QED) is 0.717. The first kappa shape index (κ1) is 10.9. The first-order valence-electron chi connectivity index (χ1n) is 4.58. The molecule has 0 aliphatic carbocycles. The van der Waals surface area contributed by atoms with Gasteiger partial charge in [0.1, 0.15) is 0 Å². The molecule has 0 saturated carbocycles. The van der Waals surface area contributed by atoms with Crippen molar-refractivity contribution in [2.75, 3.05) is 0 Å². The SMILES string of the molecule is CCC(C)SCc1ccc(Cl)cc1. The van der Waals surface area contributed by atoms with Gasteiger partial charge in [0, 0.05) is 16.0 Å². The lowest BCUT2D eigenvalue weighted by atomic mass is 10.2. The summed E-state index contributed by atoms with van der Waals surface area (Å²) in [6.45, 7) is 4.49. The van der Waals surface area contributed by atoms with Gasteiger partial charge in [0.15, 0.2) is 0 Å². The zero-order valence-electron chi connectivity index (χ0n) is 8.09. The topological polar surface area (TPSA) is 0 Å². The predicted molar refractivity (Wildman–Crippen MR) is 62.5 cm³/mol. The van der Waals surface area contributed by atoms with Crippen LogP contribution in [-0.4, -0.2) is 5.25 Å². The number of thioether (sulfide) groups is 1. The van der Waals surface area contributed by atoms with E-state index < -0.39 is 0 Å². The lowest BCUT2D eigenvalue weighted by Gasteiger charge is -2.07. The van der Waals surface area contributed by atoms with Crippen molar-refractivity contribution in [2.24, 2.45) is 0 Å². The summed E-state index contributed by atoms with van der Waals surface area (Å²) in [5, 5.41) is 1.56. The molecule has 0 radical (unpaired) electrons. The predicted octanol–water partition coefficient (Wildman–Crippen LogP) is 4.37. The summed E-state index contributed by atoms with van der Waals surface area (Å²) < 4.78 is 0. The molecule has 0 amide bonds. The summed E-state index contributed by atoms with van der Waals surface area (Å²) in [4.78, 5) is 0. The largest absolute Gasteiger partial charge is 0.154 e. The van der Waals surface area contributed by atoms with Crippen molar-refractivity contribution in [3.8, 4) is 0 Å². The first-order chi connectivity index (χ1) is 6.22. The van der Waals surface area contributed by atoms with E-state index in [4.69, 9.17) is 11.6 Å². The van der Waals surface area contributed by atoms with E-state index in [1.165, 1.54) is 12.0 Å². The van der Waals surface area contributed by atoms with E-state index in [2.05, 4.69) is 26.0 Å². The molecule has 0 nitrogen and oxygen atoms in total. The molecule has 72 valence electrons. The van der Waals surface area contributed by atoms with Crippen LogP contribution in [0, 0.1) is 0 Å². The van der Waals surface area contributed by atoms with Crippen molar-refractivity contribution in [3.05, 3.63) is 34.9 Å². The Morgan fingerprint density at radius 1 is 1.31 bits per heavy atom. The van der Waals surface area contributed by atoms with Crippen LogP contribution in [0.25, 0.3) is 0 Å². The Labute approximate surface area is 89.7 Å². The third-order valence-electron chi connectivity index (χ3n) is 2.02. The second-order valence-electron chi connectivity index (χ2n) is 3.16. The van der Waals surface area contributed by atoms with Crippen LogP contribution in [0.3, 0.4) is 0 Å². The minimum Gasteiger partial charge on any atom is -0.154 e. The maximum Gasteiger partial charge on any atom is 0.0406 e. The van der Waals surface area contributed by atoms with Crippen molar-refractivity contribution in [2.45, 2.75) is 31.3 Å². The summed E-state index contributed by atoms with van der Waals surface area (Å²) >= 11 is 7.79. The number of benzene rings is 1. The Morgan fingerprint density at radius 2 is 1.92 bits per heavy atom. The Morgan fingerprint density at radius 3 is 2.46 bits per heavy atom. The highest BCUT2D eigenvalue weighted by atomic mass is 35.5. The van der Waals surface area contributed by atoms with Gasteiger partial charge < -0.3 is 0 Å². The van der Waals surface area contributed by atoms with Gasteiger partial charge >= 0.3 is 0 Å². The van der Waals surface area contributed by atoms with E-state index in [-0.39, 0.29) is 0 Å². The minimum atomic E-state index is 0.746. The molecule has 0 aliphatic heterocycles. The summed E-state index contributed by atoms with van der Waals surface area (Å²) in [6.07, 6.45) is 1.23.